The normalized spacial score (nSPS) is 10.3. The van der Waals surface area contributed by atoms with E-state index in [9.17, 15) is 4.79 Å². The summed E-state index contributed by atoms with van der Waals surface area (Å²) in [5.41, 5.74) is 0.424. The van der Waals surface area contributed by atoms with Crippen LogP contribution in [0.1, 0.15) is 36.7 Å². The Morgan fingerprint density at radius 2 is 2.25 bits per heavy atom. The van der Waals surface area contributed by atoms with Gasteiger partial charge in [-0.15, -0.1) is 0 Å². The number of nitrogens with one attached hydrogen (secondary N) is 1. The van der Waals surface area contributed by atoms with E-state index in [1.807, 2.05) is 0 Å². The van der Waals surface area contributed by atoms with Crippen molar-refractivity contribution in [2.45, 2.75) is 26.2 Å². The Kier molecular flexibility index (Phi) is 7.57. The fourth-order valence-corrected chi connectivity index (χ4v) is 1.67. The maximum Gasteiger partial charge on any atom is 0.272 e. The third kappa shape index (κ3) is 5.52. The van der Waals surface area contributed by atoms with Gasteiger partial charge in [-0.1, -0.05) is 13.3 Å². The van der Waals surface area contributed by atoms with Crippen LogP contribution in [0.4, 0.5) is 5.95 Å². The van der Waals surface area contributed by atoms with Crippen molar-refractivity contribution in [1.29, 1.82) is 0 Å². The van der Waals surface area contributed by atoms with Crippen molar-refractivity contribution in [2.75, 3.05) is 39.2 Å². The zero-order valence-corrected chi connectivity index (χ0v) is 12.6. The number of methoxy groups -OCH3 is 1. The van der Waals surface area contributed by atoms with Gasteiger partial charge in [-0.3, -0.25) is 4.79 Å². The quantitative estimate of drug-likeness (QED) is 0.699. The molecule has 0 saturated carbocycles. The van der Waals surface area contributed by atoms with Gasteiger partial charge in [0.25, 0.3) is 5.91 Å². The molecule has 0 radical (unpaired) electrons. The van der Waals surface area contributed by atoms with E-state index >= 15 is 0 Å². The molecular formula is C14H24N4O2. The Bertz CT molecular complexity index is 412. The van der Waals surface area contributed by atoms with Crippen LogP contribution in [-0.2, 0) is 4.74 Å². The predicted molar refractivity (Wildman–Crippen MR) is 78.9 cm³/mol. The Balaban J connectivity index is 2.55. The minimum Gasteiger partial charge on any atom is -0.385 e. The van der Waals surface area contributed by atoms with Gasteiger partial charge in [-0.25, -0.2) is 9.97 Å². The molecule has 0 spiro atoms. The monoisotopic (exact) mass is 280 g/mol. The molecule has 0 aliphatic heterocycles. The lowest BCUT2D eigenvalue weighted by atomic mass is 10.3. The number of hydrogen-bond acceptors (Lipinski definition) is 5. The molecular weight excluding hydrogens is 256 g/mol. The summed E-state index contributed by atoms with van der Waals surface area (Å²) in [4.78, 5) is 22.2. The summed E-state index contributed by atoms with van der Waals surface area (Å²) < 4.78 is 4.97. The lowest BCUT2D eigenvalue weighted by molar-refractivity contribution is 0.0787. The molecule has 1 rings (SSSR count). The second-order valence-electron chi connectivity index (χ2n) is 4.62. The van der Waals surface area contributed by atoms with Crippen molar-refractivity contribution in [3.8, 4) is 0 Å². The maximum atomic E-state index is 12.2. The lowest BCUT2D eigenvalue weighted by Crippen LogP contribution is -2.28. The standard InChI is InChI=1S/C14H24N4O2/c1-4-5-10-18(2)13(19)12-7-9-16-14(17-12)15-8-6-11-20-3/h7,9H,4-6,8,10-11H2,1-3H3,(H,15,16,17). The van der Waals surface area contributed by atoms with Crippen molar-refractivity contribution >= 4 is 11.9 Å². The van der Waals surface area contributed by atoms with Crippen LogP contribution in [0.5, 0.6) is 0 Å². The van der Waals surface area contributed by atoms with Gasteiger partial charge < -0.3 is 15.0 Å². The van der Waals surface area contributed by atoms with Crippen molar-refractivity contribution in [2.24, 2.45) is 0 Å². The van der Waals surface area contributed by atoms with Gasteiger partial charge in [0, 0.05) is 40.1 Å². The molecule has 1 aromatic rings. The van der Waals surface area contributed by atoms with Crippen LogP contribution in [0.3, 0.4) is 0 Å². The number of hydrogen-bond donors (Lipinski definition) is 1. The van der Waals surface area contributed by atoms with Crippen LogP contribution >= 0.6 is 0 Å². The predicted octanol–water partition coefficient (Wildman–Crippen LogP) is 1.80. The number of carbonyl (C=O) groups excluding carboxylic acids is 1. The summed E-state index contributed by atoms with van der Waals surface area (Å²) in [5.74, 6) is 0.414. The summed E-state index contributed by atoms with van der Waals surface area (Å²) in [6, 6.07) is 1.64. The van der Waals surface area contributed by atoms with Gasteiger partial charge >= 0.3 is 0 Å². The number of anilines is 1. The number of aromatic nitrogens is 2. The topological polar surface area (TPSA) is 67.4 Å². The number of rotatable bonds is 9. The van der Waals surface area contributed by atoms with E-state index in [2.05, 4.69) is 22.2 Å². The molecule has 0 fully saturated rings. The van der Waals surface area contributed by atoms with E-state index in [-0.39, 0.29) is 5.91 Å². The smallest absolute Gasteiger partial charge is 0.272 e. The van der Waals surface area contributed by atoms with E-state index in [0.29, 0.717) is 18.2 Å². The minimum absolute atomic E-state index is 0.0687. The van der Waals surface area contributed by atoms with Crippen LogP contribution in [0.2, 0.25) is 0 Å². The molecule has 1 heterocycles. The van der Waals surface area contributed by atoms with Gasteiger partial charge in [-0.2, -0.15) is 0 Å². The lowest BCUT2D eigenvalue weighted by Gasteiger charge is -2.16. The Labute approximate surface area is 120 Å². The molecule has 1 amide bonds. The Morgan fingerprint density at radius 3 is 2.95 bits per heavy atom. The fraction of sp³-hybridized carbons (Fsp3) is 0.643. The summed E-state index contributed by atoms with van der Waals surface area (Å²) in [6.07, 6.45) is 4.53. The minimum atomic E-state index is -0.0687. The first-order valence-electron chi connectivity index (χ1n) is 7.00. The molecule has 0 unspecified atom stereocenters. The largest absolute Gasteiger partial charge is 0.385 e. The molecule has 0 aromatic carbocycles. The number of amides is 1. The summed E-state index contributed by atoms with van der Waals surface area (Å²) in [7, 11) is 3.47. The van der Waals surface area contributed by atoms with E-state index in [4.69, 9.17) is 4.74 Å². The molecule has 112 valence electrons. The molecule has 0 aliphatic rings. The first kappa shape index (κ1) is 16.4. The van der Waals surface area contributed by atoms with Crippen molar-refractivity contribution in [3.63, 3.8) is 0 Å². The molecule has 6 nitrogen and oxygen atoms in total. The second-order valence-corrected chi connectivity index (χ2v) is 4.62. The van der Waals surface area contributed by atoms with Crippen molar-refractivity contribution in [3.05, 3.63) is 18.0 Å². The van der Waals surface area contributed by atoms with Crippen LogP contribution in [0.25, 0.3) is 0 Å². The molecule has 6 heteroatoms. The highest BCUT2D eigenvalue weighted by atomic mass is 16.5. The molecule has 1 N–H and O–H groups in total. The van der Waals surface area contributed by atoms with Crippen molar-refractivity contribution < 1.29 is 9.53 Å². The van der Waals surface area contributed by atoms with Gasteiger partial charge in [0.05, 0.1) is 0 Å². The highest BCUT2D eigenvalue weighted by Gasteiger charge is 2.13. The van der Waals surface area contributed by atoms with Crippen LogP contribution < -0.4 is 5.32 Å². The SMILES string of the molecule is CCCCN(C)C(=O)c1ccnc(NCCCOC)n1. The number of carbonyl (C=O) groups is 1. The van der Waals surface area contributed by atoms with Gasteiger partial charge in [0.15, 0.2) is 0 Å². The zero-order chi connectivity index (χ0) is 14.8. The Morgan fingerprint density at radius 1 is 1.45 bits per heavy atom. The number of unbranched alkanes of at least 4 members (excludes halogenated alkanes) is 1. The first-order valence-corrected chi connectivity index (χ1v) is 7.00. The summed E-state index contributed by atoms with van der Waals surface area (Å²) in [5, 5.41) is 3.08. The van der Waals surface area contributed by atoms with Gasteiger partial charge in [-0.05, 0) is 18.9 Å². The second kappa shape index (κ2) is 9.25. The fourth-order valence-electron chi connectivity index (χ4n) is 1.67. The molecule has 0 saturated heterocycles. The van der Waals surface area contributed by atoms with E-state index in [1.165, 1.54) is 0 Å². The van der Waals surface area contributed by atoms with E-state index < -0.39 is 0 Å². The Hall–Kier alpha value is -1.69. The third-order valence-corrected chi connectivity index (χ3v) is 2.88. The summed E-state index contributed by atoms with van der Waals surface area (Å²) >= 11 is 0. The molecule has 0 atom stereocenters. The summed E-state index contributed by atoms with van der Waals surface area (Å²) in [6.45, 7) is 4.25. The molecule has 0 bridgehead atoms. The third-order valence-electron chi connectivity index (χ3n) is 2.88. The van der Waals surface area contributed by atoms with E-state index in [1.54, 1.807) is 31.3 Å². The van der Waals surface area contributed by atoms with Gasteiger partial charge in [0.2, 0.25) is 5.95 Å². The highest BCUT2D eigenvalue weighted by Crippen LogP contribution is 2.05. The van der Waals surface area contributed by atoms with Crippen LogP contribution in [0.15, 0.2) is 12.3 Å². The van der Waals surface area contributed by atoms with Crippen LogP contribution in [-0.4, -0.2) is 54.6 Å². The first-order chi connectivity index (χ1) is 9.69. The van der Waals surface area contributed by atoms with E-state index in [0.717, 1.165) is 32.4 Å². The molecule has 1 aromatic heterocycles. The van der Waals surface area contributed by atoms with Gasteiger partial charge in [0.1, 0.15) is 5.69 Å². The maximum absolute atomic E-state index is 12.2. The van der Waals surface area contributed by atoms with Crippen LogP contribution in [0, 0.1) is 0 Å². The highest BCUT2D eigenvalue weighted by molar-refractivity contribution is 5.92. The molecule has 20 heavy (non-hydrogen) atoms. The molecule has 0 aliphatic carbocycles. The van der Waals surface area contributed by atoms with Crippen molar-refractivity contribution in [1.82, 2.24) is 14.9 Å². The average Bonchev–Trinajstić information content (AvgIpc) is 2.48. The zero-order valence-electron chi connectivity index (χ0n) is 12.6. The average molecular weight is 280 g/mol. The number of ether oxygens (including phenoxy) is 1. The number of nitrogens with zero attached hydrogens (tertiary/aromatic N) is 3.